The summed E-state index contributed by atoms with van der Waals surface area (Å²) in [6.07, 6.45) is 1.90. The van der Waals surface area contributed by atoms with E-state index in [-0.39, 0.29) is 24.8 Å². The van der Waals surface area contributed by atoms with Gasteiger partial charge >= 0.3 is 5.97 Å². The SMILES string of the molecule is CCCCC(=O)N(CC(=O)O)Cc1ccc(-c2cc(-c3cccc(OC)n3)ccc2/C(N)=N/NN)cc1. The van der Waals surface area contributed by atoms with Crippen molar-refractivity contribution in [3.05, 3.63) is 71.8 Å². The quantitative estimate of drug-likeness (QED) is 0.127. The molecule has 37 heavy (non-hydrogen) atoms. The molecule has 0 spiro atoms. The molecule has 0 radical (unpaired) electrons. The van der Waals surface area contributed by atoms with Gasteiger partial charge in [0.05, 0.1) is 12.8 Å². The Morgan fingerprint density at radius 2 is 1.84 bits per heavy atom. The first kappa shape index (κ1) is 27.2. The first-order valence-electron chi connectivity index (χ1n) is 11.9. The van der Waals surface area contributed by atoms with E-state index in [1.165, 1.54) is 4.90 Å². The highest BCUT2D eigenvalue weighted by Crippen LogP contribution is 2.30. The maximum absolute atomic E-state index is 12.5. The summed E-state index contributed by atoms with van der Waals surface area (Å²) in [5.74, 6) is 4.84. The van der Waals surface area contributed by atoms with E-state index in [0.29, 0.717) is 17.9 Å². The van der Waals surface area contributed by atoms with E-state index >= 15 is 0 Å². The number of carboxylic acids is 1. The van der Waals surface area contributed by atoms with E-state index in [1.54, 1.807) is 13.2 Å². The van der Waals surface area contributed by atoms with Crippen LogP contribution in [0.5, 0.6) is 5.88 Å². The number of hydrogen-bond acceptors (Lipinski definition) is 7. The Labute approximate surface area is 215 Å². The van der Waals surface area contributed by atoms with Crippen LogP contribution in [-0.2, 0) is 16.1 Å². The van der Waals surface area contributed by atoms with E-state index < -0.39 is 5.97 Å². The zero-order valence-corrected chi connectivity index (χ0v) is 21.0. The minimum absolute atomic E-state index is 0.174. The van der Waals surface area contributed by atoms with Gasteiger partial charge in [0, 0.05) is 30.2 Å². The summed E-state index contributed by atoms with van der Waals surface area (Å²) < 4.78 is 5.26. The van der Waals surface area contributed by atoms with Crippen LogP contribution in [0.25, 0.3) is 22.4 Å². The number of carbonyl (C=O) groups excluding carboxylic acids is 1. The van der Waals surface area contributed by atoms with Crippen molar-refractivity contribution in [2.45, 2.75) is 32.7 Å². The molecule has 0 aliphatic heterocycles. The van der Waals surface area contributed by atoms with Crippen LogP contribution in [0.2, 0.25) is 0 Å². The minimum atomic E-state index is -1.04. The van der Waals surface area contributed by atoms with Crippen molar-refractivity contribution in [3.63, 3.8) is 0 Å². The Kier molecular flexibility index (Phi) is 9.56. The third-order valence-corrected chi connectivity index (χ3v) is 5.77. The van der Waals surface area contributed by atoms with E-state index in [4.69, 9.17) is 16.3 Å². The third-order valence-electron chi connectivity index (χ3n) is 5.77. The number of hydrazone groups is 1. The molecule has 0 saturated heterocycles. The van der Waals surface area contributed by atoms with Crippen LogP contribution >= 0.6 is 0 Å². The minimum Gasteiger partial charge on any atom is -0.481 e. The fourth-order valence-electron chi connectivity index (χ4n) is 3.88. The number of amides is 1. The molecule has 1 heterocycles. The topological polar surface area (TPSA) is 156 Å². The van der Waals surface area contributed by atoms with Gasteiger partial charge in [0.1, 0.15) is 6.54 Å². The predicted octanol–water partition coefficient (Wildman–Crippen LogP) is 3.11. The summed E-state index contributed by atoms with van der Waals surface area (Å²) in [5, 5.41) is 13.2. The number of methoxy groups -OCH3 is 1. The molecule has 3 rings (SSSR count). The van der Waals surface area contributed by atoms with Crippen LogP contribution < -0.4 is 21.8 Å². The molecule has 0 atom stereocenters. The average molecular weight is 505 g/mol. The lowest BCUT2D eigenvalue weighted by Gasteiger charge is -2.21. The number of hydrogen-bond donors (Lipinski definition) is 4. The van der Waals surface area contributed by atoms with Crippen molar-refractivity contribution in [1.82, 2.24) is 15.4 Å². The lowest BCUT2D eigenvalue weighted by Crippen LogP contribution is -2.35. The molecule has 0 saturated carbocycles. The monoisotopic (exact) mass is 504 g/mol. The fraction of sp³-hybridized carbons (Fsp3) is 0.259. The molecule has 0 aliphatic rings. The second-order valence-electron chi connectivity index (χ2n) is 8.40. The Hall–Kier alpha value is -4.44. The molecule has 0 unspecified atom stereocenters. The van der Waals surface area contributed by atoms with E-state index in [9.17, 15) is 14.7 Å². The number of nitrogens with one attached hydrogen (secondary N) is 1. The lowest BCUT2D eigenvalue weighted by molar-refractivity contribution is -0.144. The number of aliphatic carboxylic acids is 1. The summed E-state index contributed by atoms with van der Waals surface area (Å²) in [6, 6.07) is 18.7. The summed E-state index contributed by atoms with van der Waals surface area (Å²) in [7, 11) is 1.56. The molecule has 0 fully saturated rings. The largest absolute Gasteiger partial charge is 0.481 e. The highest BCUT2D eigenvalue weighted by molar-refractivity contribution is 6.04. The first-order chi connectivity index (χ1) is 17.9. The number of nitrogens with zero attached hydrogens (tertiary/aromatic N) is 3. The van der Waals surface area contributed by atoms with E-state index in [1.807, 2.05) is 61.5 Å². The van der Waals surface area contributed by atoms with Crippen LogP contribution in [0.15, 0.2) is 65.8 Å². The molecular formula is C27H32N6O4. The zero-order chi connectivity index (χ0) is 26.8. The van der Waals surface area contributed by atoms with Crippen molar-refractivity contribution < 1.29 is 19.4 Å². The third kappa shape index (κ3) is 7.28. The van der Waals surface area contributed by atoms with Gasteiger partial charge < -0.3 is 20.5 Å². The van der Waals surface area contributed by atoms with Crippen molar-refractivity contribution in [1.29, 1.82) is 0 Å². The van der Waals surface area contributed by atoms with Gasteiger partial charge in [-0.2, -0.15) is 0 Å². The number of carboxylic acid groups (broad SMARTS) is 1. The van der Waals surface area contributed by atoms with Gasteiger partial charge in [0.25, 0.3) is 0 Å². The molecule has 3 aromatic rings. The van der Waals surface area contributed by atoms with Gasteiger partial charge in [0.15, 0.2) is 5.84 Å². The standard InChI is InChI=1S/C27H32N6O4/c1-3-4-8-25(34)33(17-26(35)36)16-18-9-11-19(12-10-18)22-15-20(13-14-21(22)27(28)31-32-29)23-6-5-7-24(30-23)37-2/h5-7,9-15,32H,3-4,8,16-17,29H2,1-2H3,(H2,28,31)(H,35,36). The summed E-state index contributed by atoms with van der Waals surface area (Å²) in [6.45, 7) is 1.85. The number of benzene rings is 2. The van der Waals surface area contributed by atoms with Crippen molar-refractivity contribution in [2.75, 3.05) is 13.7 Å². The molecule has 2 aromatic carbocycles. The van der Waals surface area contributed by atoms with Crippen molar-refractivity contribution >= 4 is 17.7 Å². The molecule has 0 bridgehead atoms. The van der Waals surface area contributed by atoms with Gasteiger partial charge in [0.2, 0.25) is 11.8 Å². The lowest BCUT2D eigenvalue weighted by atomic mass is 9.94. The van der Waals surface area contributed by atoms with Gasteiger partial charge in [-0.1, -0.05) is 49.7 Å². The smallest absolute Gasteiger partial charge is 0.323 e. The summed E-state index contributed by atoms with van der Waals surface area (Å²) in [5.41, 5.74) is 13.1. The van der Waals surface area contributed by atoms with Crippen LogP contribution in [0.4, 0.5) is 0 Å². The average Bonchev–Trinajstić information content (AvgIpc) is 2.91. The summed E-state index contributed by atoms with van der Waals surface area (Å²) in [4.78, 5) is 29.7. The Bertz CT molecular complexity index is 1260. The first-order valence-corrected chi connectivity index (χ1v) is 11.9. The predicted molar refractivity (Wildman–Crippen MR) is 142 cm³/mol. The number of pyridine rings is 1. The molecule has 194 valence electrons. The number of hydrazine groups is 1. The number of carbonyl (C=O) groups is 2. The zero-order valence-electron chi connectivity index (χ0n) is 21.0. The van der Waals surface area contributed by atoms with Crippen LogP contribution in [-0.4, -0.2) is 46.4 Å². The van der Waals surface area contributed by atoms with Gasteiger partial charge in [-0.3, -0.25) is 9.59 Å². The highest BCUT2D eigenvalue weighted by atomic mass is 16.5. The molecule has 1 aromatic heterocycles. The number of rotatable bonds is 12. The molecule has 10 nitrogen and oxygen atoms in total. The molecule has 6 N–H and O–H groups in total. The number of nitrogens with two attached hydrogens (primary N) is 2. The van der Waals surface area contributed by atoms with Gasteiger partial charge in [-0.25, -0.2) is 16.4 Å². The Morgan fingerprint density at radius 1 is 1.11 bits per heavy atom. The molecule has 10 heteroatoms. The fourth-order valence-corrected chi connectivity index (χ4v) is 3.88. The van der Waals surface area contributed by atoms with Crippen LogP contribution in [0.1, 0.15) is 37.3 Å². The van der Waals surface area contributed by atoms with Gasteiger partial charge in [-0.15, -0.1) is 5.10 Å². The summed E-state index contributed by atoms with van der Waals surface area (Å²) >= 11 is 0. The van der Waals surface area contributed by atoms with Crippen molar-refractivity contribution in [3.8, 4) is 28.3 Å². The number of ether oxygens (including phenoxy) is 1. The second kappa shape index (κ2) is 13.0. The van der Waals surface area contributed by atoms with E-state index in [2.05, 4.69) is 15.6 Å². The second-order valence-corrected chi connectivity index (χ2v) is 8.40. The highest BCUT2D eigenvalue weighted by Gasteiger charge is 2.17. The molecule has 1 amide bonds. The Balaban J connectivity index is 1.96. The van der Waals surface area contributed by atoms with Crippen LogP contribution in [0.3, 0.4) is 0 Å². The molecular weight excluding hydrogens is 472 g/mol. The van der Waals surface area contributed by atoms with Crippen molar-refractivity contribution in [2.24, 2.45) is 16.7 Å². The molecule has 0 aliphatic carbocycles. The normalized spacial score (nSPS) is 11.2. The van der Waals surface area contributed by atoms with E-state index in [0.717, 1.165) is 40.8 Å². The Morgan fingerprint density at radius 3 is 2.49 bits per heavy atom. The maximum atomic E-state index is 12.5. The van der Waals surface area contributed by atoms with Gasteiger partial charge in [-0.05, 0) is 41.3 Å². The number of unbranched alkanes of at least 4 members (excludes halogenated alkanes) is 1. The number of aromatic nitrogens is 1. The number of amidine groups is 1. The van der Waals surface area contributed by atoms with Crippen LogP contribution in [0, 0.1) is 0 Å². The maximum Gasteiger partial charge on any atom is 0.323 e.